The summed E-state index contributed by atoms with van der Waals surface area (Å²) in [6.07, 6.45) is 0. The van der Waals surface area contributed by atoms with Gasteiger partial charge in [0.2, 0.25) is 0 Å². The highest BCUT2D eigenvalue weighted by Gasteiger charge is 2.15. The molecule has 1 heterocycles. The van der Waals surface area contributed by atoms with E-state index >= 15 is 0 Å². The van der Waals surface area contributed by atoms with Gasteiger partial charge >= 0.3 is 0 Å². The van der Waals surface area contributed by atoms with E-state index in [4.69, 9.17) is 34.9 Å². The second kappa shape index (κ2) is 7.19. The minimum Gasteiger partial charge on any atom is -0.244 e. The summed E-state index contributed by atoms with van der Waals surface area (Å²) >= 11 is 6.14. The summed E-state index contributed by atoms with van der Waals surface area (Å²) in [5.41, 5.74) is -3.26. The Hall–Kier alpha value is -3.75. The molecule has 6 rings (SSSR count). The number of fused-ring (bicyclic) bond motifs is 5. The first-order chi connectivity index (χ1) is 22.4. The van der Waals surface area contributed by atoms with Gasteiger partial charge in [-0.05, 0) is 34.3 Å². The third kappa shape index (κ3) is 3.04. The highest BCUT2D eigenvalue weighted by atomic mass is 35.5. The lowest BCUT2D eigenvalue weighted by Crippen LogP contribution is -1.96. The van der Waals surface area contributed by atoms with Crippen molar-refractivity contribution in [3.63, 3.8) is 0 Å². The van der Waals surface area contributed by atoms with Crippen molar-refractivity contribution in [3.8, 4) is 22.5 Å². The number of rotatable bonds is 2. The Morgan fingerprint density at radius 3 is 1.94 bits per heavy atom. The monoisotopic (exact) mass is 433 g/mol. The maximum atomic E-state index is 8.83. The fourth-order valence-electron chi connectivity index (χ4n) is 3.21. The highest BCUT2D eigenvalue weighted by Crippen LogP contribution is 2.36. The van der Waals surface area contributed by atoms with Crippen molar-refractivity contribution in [2.45, 2.75) is 0 Å². The van der Waals surface area contributed by atoms with Gasteiger partial charge in [-0.15, -0.1) is 0 Å². The zero-order valence-electron chi connectivity index (χ0n) is 32.3. The number of hydrogen-bond acceptors (Lipinski definition) is 2. The lowest BCUT2D eigenvalue weighted by atomic mass is 9.99. The third-order valence-electron chi connectivity index (χ3n) is 4.51. The first kappa shape index (κ1) is 7.74. The fraction of sp³-hybridized carbons (Fsp3) is 0. The average molecular weight is 434 g/mol. The number of hydrogen-bond donors (Lipinski definition) is 0. The molecule has 0 aliphatic rings. The van der Waals surface area contributed by atoms with E-state index in [1.165, 1.54) is 0 Å². The molecule has 3 heteroatoms. The predicted octanol–water partition coefficient (Wildman–Crippen LogP) is 7.92. The van der Waals surface area contributed by atoms with Gasteiger partial charge in [-0.1, -0.05) is 96.2 Å². The van der Waals surface area contributed by atoms with Crippen LogP contribution in [0.1, 0.15) is 23.3 Å². The number of benzene rings is 5. The van der Waals surface area contributed by atoms with Crippen LogP contribution in [0.3, 0.4) is 0 Å². The van der Waals surface area contributed by atoms with Crippen LogP contribution in [0.2, 0.25) is 5.02 Å². The Balaban J connectivity index is 2.01. The topological polar surface area (TPSA) is 25.8 Å². The van der Waals surface area contributed by atoms with Crippen LogP contribution in [0.25, 0.3) is 55.1 Å². The molecule has 0 fully saturated rings. The Morgan fingerprint density at radius 2 is 1.23 bits per heavy atom. The molecule has 31 heavy (non-hydrogen) atoms. The number of nitrogens with zero attached hydrogens (tertiary/aromatic N) is 2. The van der Waals surface area contributed by atoms with Crippen LogP contribution in [-0.2, 0) is 0 Å². The quantitative estimate of drug-likeness (QED) is 0.259. The maximum Gasteiger partial charge on any atom is 0.0979 e. The normalized spacial score (nSPS) is 19.1. The van der Waals surface area contributed by atoms with E-state index < -0.39 is 147 Å². The fourth-order valence-corrected chi connectivity index (χ4v) is 3.35. The molecule has 0 saturated carbocycles. The molecule has 0 saturated heterocycles. The Labute approximate surface area is 208 Å². The molecule has 0 radical (unpaired) electrons. The second-order valence-corrected chi connectivity index (χ2v) is 6.68. The largest absolute Gasteiger partial charge is 0.244 e. The van der Waals surface area contributed by atoms with Gasteiger partial charge in [0.15, 0.2) is 0 Å². The molecule has 0 aliphatic heterocycles. The molecule has 0 bridgehead atoms. The lowest BCUT2D eigenvalue weighted by molar-refractivity contribution is 1.30. The summed E-state index contributed by atoms with van der Waals surface area (Å²) in [5.74, 6) is 0. The van der Waals surface area contributed by atoms with E-state index in [1.54, 1.807) is 0 Å². The molecule has 5 aromatic carbocycles. The SMILES string of the molecule is [2H]c1c([2H])c([2H])c(-c2nc3c([2H])c([2H])c4c([2H])c([2H])c5c([2H])c(Cl)c([2H])c([2H])c5c4c3nc2-c2c([2H])c([2H])c([2H])c([2H])c2[2H])c([2H])c1[2H]. The van der Waals surface area contributed by atoms with Crippen LogP contribution in [0.15, 0.2) is 103 Å². The molecule has 0 amide bonds. The minimum atomic E-state index is -0.801. The van der Waals surface area contributed by atoms with Gasteiger partial charge < -0.3 is 0 Å². The molecular weight excluding hydrogens is 400 g/mol. The second-order valence-electron chi connectivity index (χ2n) is 6.31. The Bertz CT molecular complexity index is 2440. The molecule has 0 unspecified atom stereocenters. The van der Waals surface area contributed by atoms with Gasteiger partial charge in [-0.25, -0.2) is 9.97 Å². The van der Waals surface area contributed by atoms with Crippen LogP contribution in [-0.4, -0.2) is 9.97 Å². The summed E-state index contributed by atoms with van der Waals surface area (Å²) < 4.78 is 144. The van der Waals surface area contributed by atoms with Crippen molar-refractivity contribution < 1.29 is 23.3 Å². The van der Waals surface area contributed by atoms with Gasteiger partial charge in [0, 0.05) is 21.5 Å². The van der Waals surface area contributed by atoms with E-state index in [1.807, 2.05) is 0 Å². The summed E-state index contributed by atoms with van der Waals surface area (Å²) in [4.78, 5) is 8.96. The minimum absolute atomic E-state index is 0.292. The van der Waals surface area contributed by atoms with Gasteiger partial charge in [0.1, 0.15) is 0 Å². The first-order valence-electron chi connectivity index (χ1n) is 17.3. The van der Waals surface area contributed by atoms with Crippen LogP contribution in [0.4, 0.5) is 0 Å². The van der Waals surface area contributed by atoms with E-state index in [2.05, 4.69) is 9.97 Å². The maximum absolute atomic E-state index is 8.83. The molecule has 0 spiro atoms. The van der Waals surface area contributed by atoms with Crippen molar-refractivity contribution in [1.82, 2.24) is 9.97 Å². The van der Waals surface area contributed by atoms with E-state index in [0.29, 0.717) is 0 Å². The van der Waals surface area contributed by atoms with Crippen molar-refractivity contribution in [1.29, 1.82) is 0 Å². The first-order valence-corrected chi connectivity index (χ1v) is 9.21. The van der Waals surface area contributed by atoms with Crippen molar-refractivity contribution in [2.75, 3.05) is 0 Å². The molecule has 0 N–H and O–H groups in total. The van der Waals surface area contributed by atoms with Crippen LogP contribution < -0.4 is 0 Å². The number of halogens is 1. The lowest BCUT2D eigenvalue weighted by Gasteiger charge is -2.13. The smallest absolute Gasteiger partial charge is 0.0979 e. The van der Waals surface area contributed by atoms with Crippen molar-refractivity contribution in [3.05, 3.63) is 108 Å². The standard InChI is InChI=1S/C28H17ClN2/c29-22-14-15-23-21(17-22)12-11-18-13-16-24-28(25(18)23)31-27(20-9-5-2-6-10-20)26(30-24)19-7-3-1-4-8-19/h1-17H/i1D,2D,3D,4D,5D,6D,7D,8D,9D,10D,11D,12D,13D,14D,15D,16D,17D. The van der Waals surface area contributed by atoms with Crippen LogP contribution >= 0.6 is 11.6 Å². The van der Waals surface area contributed by atoms with Gasteiger partial charge in [-0.3, -0.25) is 0 Å². The summed E-state index contributed by atoms with van der Waals surface area (Å²) in [6, 6.07) is -12.4. The zero-order valence-corrected chi connectivity index (χ0v) is 16.0. The molecule has 146 valence electrons. The Kier molecular flexibility index (Phi) is 1.80. The van der Waals surface area contributed by atoms with Gasteiger partial charge in [0.05, 0.1) is 45.7 Å². The summed E-state index contributed by atoms with van der Waals surface area (Å²) in [5, 5.41) is -1.84. The Morgan fingerprint density at radius 1 is 0.613 bits per heavy atom. The van der Waals surface area contributed by atoms with Crippen LogP contribution in [0.5, 0.6) is 0 Å². The van der Waals surface area contributed by atoms with E-state index in [-0.39, 0.29) is 16.2 Å². The third-order valence-corrected chi connectivity index (χ3v) is 4.70. The van der Waals surface area contributed by atoms with E-state index in [0.717, 1.165) is 0 Å². The van der Waals surface area contributed by atoms with Crippen molar-refractivity contribution in [2.24, 2.45) is 0 Å². The van der Waals surface area contributed by atoms with Crippen LogP contribution in [0, 0.1) is 0 Å². The van der Waals surface area contributed by atoms with Gasteiger partial charge in [0.25, 0.3) is 0 Å². The molecular formula is C28H17ClN2. The zero-order chi connectivity index (χ0) is 35.6. The molecule has 0 atom stereocenters. The van der Waals surface area contributed by atoms with Crippen molar-refractivity contribution >= 4 is 44.2 Å². The molecule has 1 aromatic heterocycles. The molecule has 6 aromatic rings. The molecule has 0 aliphatic carbocycles. The number of aromatic nitrogens is 2. The van der Waals surface area contributed by atoms with Gasteiger partial charge in [-0.2, -0.15) is 0 Å². The molecule has 2 nitrogen and oxygen atoms in total. The summed E-state index contributed by atoms with van der Waals surface area (Å²) in [7, 11) is 0. The van der Waals surface area contributed by atoms with E-state index in [9.17, 15) is 0 Å². The predicted molar refractivity (Wildman–Crippen MR) is 130 cm³/mol. The summed E-state index contributed by atoms with van der Waals surface area (Å²) in [6.45, 7) is 0. The average Bonchev–Trinajstić information content (AvgIpc) is 3.06. The highest BCUT2D eigenvalue weighted by molar-refractivity contribution is 6.32.